The molecule has 8 heteroatoms. The molecule has 0 bridgehead atoms. The molecule has 0 saturated carbocycles. The van der Waals surface area contributed by atoms with Crippen LogP contribution < -0.4 is 11.1 Å². The summed E-state index contributed by atoms with van der Waals surface area (Å²) in [6.07, 6.45) is 4.15. The third-order valence-corrected chi connectivity index (χ3v) is 6.25. The summed E-state index contributed by atoms with van der Waals surface area (Å²) in [5.41, 5.74) is 6.62. The summed E-state index contributed by atoms with van der Waals surface area (Å²) < 4.78 is 0. The molecule has 0 saturated heterocycles. The number of thiophene rings is 1. The maximum Gasteiger partial charge on any atom is 0.326 e. The van der Waals surface area contributed by atoms with Crippen LogP contribution in [0.15, 0.2) is 6.33 Å². The highest BCUT2D eigenvalue weighted by Gasteiger charge is 2.32. The first-order valence-electron chi connectivity index (χ1n) is 8.69. The Hall–Kier alpha value is -2.22. The largest absolute Gasteiger partial charge is 0.480 e. The van der Waals surface area contributed by atoms with Crippen LogP contribution in [0.2, 0.25) is 0 Å². The molecular weight excluding hydrogens is 352 g/mol. The van der Waals surface area contributed by atoms with Gasteiger partial charge in [-0.2, -0.15) is 0 Å². The van der Waals surface area contributed by atoms with Crippen molar-refractivity contribution in [3.05, 3.63) is 16.8 Å². The highest BCUT2D eigenvalue weighted by molar-refractivity contribution is 7.19. The molecule has 2 aromatic rings. The van der Waals surface area contributed by atoms with Crippen molar-refractivity contribution in [3.8, 4) is 0 Å². The fraction of sp³-hybridized carbons (Fsp3) is 0.556. The number of aryl methyl sites for hydroxylation is 1. The van der Waals surface area contributed by atoms with Crippen LogP contribution in [0.1, 0.15) is 44.1 Å². The van der Waals surface area contributed by atoms with E-state index in [-0.39, 0.29) is 11.8 Å². The number of fused-ring (bicyclic) bond motifs is 3. The Morgan fingerprint density at radius 1 is 1.42 bits per heavy atom. The summed E-state index contributed by atoms with van der Waals surface area (Å²) in [6, 6.07) is -1.10. The first-order chi connectivity index (χ1) is 12.2. The van der Waals surface area contributed by atoms with Crippen LogP contribution >= 0.6 is 11.3 Å². The van der Waals surface area contributed by atoms with Crippen LogP contribution in [0.3, 0.4) is 0 Å². The van der Waals surface area contributed by atoms with E-state index in [0.717, 1.165) is 29.5 Å². The number of amides is 1. The number of nitrogens with zero attached hydrogens (tertiary/aromatic N) is 2. The van der Waals surface area contributed by atoms with Gasteiger partial charge in [-0.1, -0.05) is 20.8 Å². The summed E-state index contributed by atoms with van der Waals surface area (Å²) in [5, 5.41) is 13.1. The molecule has 0 aliphatic heterocycles. The lowest BCUT2D eigenvalue weighted by Gasteiger charge is -2.33. The molecule has 26 heavy (non-hydrogen) atoms. The van der Waals surface area contributed by atoms with Crippen LogP contribution in [0.4, 0.5) is 5.82 Å². The van der Waals surface area contributed by atoms with Gasteiger partial charge in [0.25, 0.3) is 0 Å². The van der Waals surface area contributed by atoms with Crippen molar-refractivity contribution in [2.75, 3.05) is 5.32 Å². The van der Waals surface area contributed by atoms with Crippen LogP contribution in [0.5, 0.6) is 0 Å². The second kappa shape index (κ2) is 6.83. The monoisotopic (exact) mass is 376 g/mol. The first-order valence-corrected chi connectivity index (χ1v) is 9.51. The van der Waals surface area contributed by atoms with Gasteiger partial charge in [0, 0.05) is 4.88 Å². The second-order valence-electron chi connectivity index (χ2n) is 7.92. The lowest BCUT2D eigenvalue weighted by Crippen LogP contribution is -2.34. The zero-order valence-electron chi connectivity index (χ0n) is 15.2. The van der Waals surface area contributed by atoms with Gasteiger partial charge in [-0.15, -0.1) is 11.3 Å². The first kappa shape index (κ1) is 18.6. The summed E-state index contributed by atoms with van der Waals surface area (Å²) in [7, 11) is 0. The standard InChI is InChI=1S/C18H24N4O3S/c1-18(2,3)9-4-5-10-12(6-9)26-16-14(10)15(20-8-21-16)22-11(17(24)25)7-13(19)23/h8-9,11H,4-7H2,1-3H3,(H2,19,23)(H,24,25)(H,20,21,22). The minimum Gasteiger partial charge on any atom is -0.480 e. The van der Waals surface area contributed by atoms with E-state index >= 15 is 0 Å². The lowest BCUT2D eigenvalue weighted by molar-refractivity contribution is -0.139. The average molecular weight is 376 g/mol. The van der Waals surface area contributed by atoms with E-state index in [0.29, 0.717) is 11.7 Å². The number of anilines is 1. The third-order valence-electron chi connectivity index (χ3n) is 5.08. The van der Waals surface area contributed by atoms with Crippen molar-refractivity contribution in [2.45, 2.75) is 52.5 Å². The Morgan fingerprint density at radius 2 is 2.15 bits per heavy atom. The van der Waals surface area contributed by atoms with Crippen molar-refractivity contribution >= 4 is 39.2 Å². The summed E-state index contributed by atoms with van der Waals surface area (Å²) in [4.78, 5) is 33.4. The molecule has 1 aliphatic rings. The van der Waals surface area contributed by atoms with E-state index in [1.54, 1.807) is 11.3 Å². The van der Waals surface area contributed by atoms with E-state index < -0.39 is 17.9 Å². The van der Waals surface area contributed by atoms with Crippen molar-refractivity contribution in [1.29, 1.82) is 0 Å². The van der Waals surface area contributed by atoms with E-state index in [9.17, 15) is 14.7 Å². The van der Waals surface area contributed by atoms with Gasteiger partial charge in [0.2, 0.25) is 5.91 Å². The van der Waals surface area contributed by atoms with Crippen LogP contribution in [-0.4, -0.2) is 33.0 Å². The predicted octanol–water partition coefficient (Wildman–Crippen LogP) is 2.58. The molecule has 3 rings (SSSR count). The summed E-state index contributed by atoms with van der Waals surface area (Å²) in [5.74, 6) is -0.729. The fourth-order valence-corrected chi connectivity index (χ4v) is 4.79. The van der Waals surface area contributed by atoms with Crippen LogP contribution in [-0.2, 0) is 22.4 Å². The topological polar surface area (TPSA) is 118 Å². The van der Waals surface area contributed by atoms with Gasteiger partial charge in [-0.3, -0.25) is 4.79 Å². The van der Waals surface area contributed by atoms with Crippen molar-refractivity contribution in [1.82, 2.24) is 9.97 Å². The van der Waals surface area contributed by atoms with Gasteiger partial charge < -0.3 is 16.2 Å². The minimum atomic E-state index is -1.13. The van der Waals surface area contributed by atoms with Gasteiger partial charge in [-0.05, 0) is 36.2 Å². The number of carboxylic acid groups (broad SMARTS) is 1. The average Bonchev–Trinajstić information content (AvgIpc) is 2.91. The molecule has 4 N–H and O–H groups in total. The van der Waals surface area contributed by atoms with Crippen LogP contribution in [0.25, 0.3) is 10.2 Å². The highest BCUT2D eigenvalue weighted by Crippen LogP contribution is 2.44. The second-order valence-corrected chi connectivity index (χ2v) is 9.00. The Bertz CT molecular complexity index is 856. The maximum atomic E-state index is 11.4. The molecule has 1 amide bonds. The molecule has 0 aromatic carbocycles. The normalized spacial score (nSPS) is 18.3. The number of hydrogen-bond acceptors (Lipinski definition) is 6. The van der Waals surface area contributed by atoms with E-state index in [1.165, 1.54) is 16.8 Å². The maximum absolute atomic E-state index is 11.4. The summed E-state index contributed by atoms with van der Waals surface area (Å²) >= 11 is 1.65. The number of hydrogen-bond donors (Lipinski definition) is 3. The Kier molecular flexibility index (Phi) is 4.88. The Morgan fingerprint density at radius 3 is 2.77 bits per heavy atom. The molecule has 7 nitrogen and oxygen atoms in total. The Balaban J connectivity index is 1.97. The van der Waals surface area contributed by atoms with Gasteiger partial charge >= 0.3 is 5.97 Å². The molecular formula is C18H24N4O3S. The number of carbonyl (C=O) groups excluding carboxylic acids is 1. The van der Waals surface area contributed by atoms with Gasteiger partial charge in [0.05, 0.1) is 11.8 Å². The molecule has 2 unspecified atom stereocenters. The fourth-order valence-electron chi connectivity index (χ4n) is 3.53. The molecule has 2 atom stereocenters. The van der Waals surface area contributed by atoms with Crippen LogP contribution in [0, 0.1) is 11.3 Å². The quantitative estimate of drug-likeness (QED) is 0.738. The van der Waals surface area contributed by atoms with E-state index in [2.05, 4.69) is 36.1 Å². The van der Waals surface area contributed by atoms with Crippen molar-refractivity contribution in [2.24, 2.45) is 17.1 Å². The van der Waals surface area contributed by atoms with Gasteiger partial charge in [0.15, 0.2) is 0 Å². The van der Waals surface area contributed by atoms with Gasteiger partial charge in [-0.25, -0.2) is 14.8 Å². The number of aliphatic carboxylic acids is 1. The highest BCUT2D eigenvalue weighted by atomic mass is 32.1. The smallest absolute Gasteiger partial charge is 0.326 e. The van der Waals surface area contributed by atoms with Gasteiger partial charge in [0.1, 0.15) is 23.0 Å². The minimum absolute atomic E-state index is 0.247. The zero-order valence-corrected chi connectivity index (χ0v) is 16.0. The molecule has 140 valence electrons. The van der Waals surface area contributed by atoms with E-state index in [1.807, 2.05) is 0 Å². The number of primary amides is 1. The predicted molar refractivity (Wildman–Crippen MR) is 101 cm³/mol. The number of nitrogens with two attached hydrogens (primary N) is 1. The molecule has 2 aromatic heterocycles. The van der Waals surface area contributed by atoms with E-state index in [4.69, 9.17) is 5.73 Å². The SMILES string of the molecule is CC(C)(C)C1CCc2c(sc3ncnc(NC(CC(N)=O)C(=O)O)c23)C1. The molecule has 0 fully saturated rings. The Labute approximate surface area is 156 Å². The van der Waals surface area contributed by atoms with Crippen molar-refractivity contribution < 1.29 is 14.7 Å². The number of aromatic nitrogens is 2. The lowest BCUT2D eigenvalue weighted by atomic mass is 9.72. The zero-order chi connectivity index (χ0) is 19.1. The molecule has 2 heterocycles. The van der Waals surface area contributed by atoms with Crippen molar-refractivity contribution in [3.63, 3.8) is 0 Å². The molecule has 0 spiro atoms. The molecule has 1 aliphatic carbocycles. The number of nitrogens with one attached hydrogen (secondary N) is 1. The number of carbonyl (C=O) groups is 2. The number of rotatable bonds is 5. The third kappa shape index (κ3) is 3.65. The molecule has 0 radical (unpaired) electrons. The summed E-state index contributed by atoms with van der Waals surface area (Å²) in [6.45, 7) is 6.80. The number of carboxylic acids is 1.